The minimum atomic E-state index is -0.838. The summed E-state index contributed by atoms with van der Waals surface area (Å²) in [4.78, 5) is 12.3. The van der Waals surface area contributed by atoms with E-state index in [4.69, 9.17) is 0 Å². The normalized spacial score (nSPS) is 13.3. The molecule has 0 aromatic rings. The van der Waals surface area contributed by atoms with Crippen LogP contribution in [-0.2, 0) is 4.79 Å². The third-order valence-electron chi connectivity index (χ3n) is 8.43. The first kappa shape index (κ1) is 40.9. The van der Waals surface area contributed by atoms with E-state index >= 15 is 0 Å². The Bertz CT molecular complexity index is 603. The van der Waals surface area contributed by atoms with Gasteiger partial charge in [-0.05, 0) is 44.9 Å². The molecule has 0 rings (SSSR count). The Morgan fingerprint density at radius 1 is 0.548 bits per heavy atom. The predicted octanol–water partition coefficient (Wildman–Crippen LogP) is 10.9. The van der Waals surface area contributed by atoms with E-state index in [9.17, 15) is 15.0 Å². The van der Waals surface area contributed by atoms with E-state index < -0.39 is 12.1 Å². The molecule has 42 heavy (non-hydrogen) atoms. The molecule has 0 aliphatic heterocycles. The van der Waals surface area contributed by atoms with Crippen LogP contribution in [0.3, 0.4) is 0 Å². The topological polar surface area (TPSA) is 69.6 Å². The largest absolute Gasteiger partial charge is 0.394 e. The second kappa shape index (κ2) is 34.4. The van der Waals surface area contributed by atoms with Crippen molar-refractivity contribution >= 4 is 5.91 Å². The van der Waals surface area contributed by atoms with Crippen molar-refractivity contribution in [1.29, 1.82) is 0 Å². The molecule has 4 heteroatoms. The van der Waals surface area contributed by atoms with E-state index in [2.05, 4.69) is 31.3 Å². The SMILES string of the molecule is CCCCCCCCCCC/C=C\CCCCCCCC(=O)NC(CO)C(O)/C=C/CCCCCCCCCCCC. The highest BCUT2D eigenvalue weighted by molar-refractivity contribution is 5.76. The van der Waals surface area contributed by atoms with Gasteiger partial charge >= 0.3 is 0 Å². The van der Waals surface area contributed by atoms with E-state index in [0.29, 0.717) is 6.42 Å². The lowest BCUT2D eigenvalue weighted by molar-refractivity contribution is -0.123. The minimum absolute atomic E-state index is 0.0735. The number of unbranched alkanes of at least 4 members (excludes halogenated alkanes) is 24. The number of carbonyl (C=O) groups excluding carboxylic acids is 1. The highest BCUT2D eigenvalue weighted by atomic mass is 16.3. The summed E-state index contributed by atoms with van der Waals surface area (Å²) < 4.78 is 0. The molecule has 0 bridgehead atoms. The zero-order valence-electron chi connectivity index (χ0n) is 28.3. The van der Waals surface area contributed by atoms with Crippen molar-refractivity contribution in [2.24, 2.45) is 0 Å². The number of aliphatic hydroxyl groups excluding tert-OH is 2. The van der Waals surface area contributed by atoms with E-state index in [1.165, 1.54) is 141 Å². The van der Waals surface area contributed by atoms with Crippen molar-refractivity contribution in [3.8, 4) is 0 Å². The van der Waals surface area contributed by atoms with Crippen LogP contribution in [0.4, 0.5) is 0 Å². The van der Waals surface area contributed by atoms with Gasteiger partial charge < -0.3 is 15.5 Å². The zero-order chi connectivity index (χ0) is 30.8. The first-order chi connectivity index (χ1) is 20.7. The molecule has 0 heterocycles. The summed E-state index contributed by atoms with van der Waals surface area (Å²) >= 11 is 0. The Kier molecular flexibility index (Phi) is 33.4. The van der Waals surface area contributed by atoms with Crippen LogP contribution < -0.4 is 5.32 Å². The van der Waals surface area contributed by atoms with Gasteiger partial charge in [-0.25, -0.2) is 0 Å². The number of carbonyl (C=O) groups is 1. The summed E-state index contributed by atoms with van der Waals surface area (Å²) in [5.74, 6) is -0.0735. The summed E-state index contributed by atoms with van der Waals surface area (Å²) in [7, 11) is 0. The molecule has 0 fully saturated rings. The van der Waals surface area contributed by atoms with Crippen molar-refractivity contribution in [3.63, 3.8) is 0 Å². The minimum Gasteiger partial charge on any atom is -0.394 e. The molecule has 3 N–H and O–H groups in total. The van der Waals surface area contributed by atoms with Gasteiger partial charge in [0.05, 0.1) is 18.8 Å². The Hall–Kier alpha value is -1.13. The lowest BCUT2D eigenvalue weighted by Crippen LogP contribution is -2.45. The molecule has 248 valence electrons. The van der Waals surface area contributed by atoms with Crippen molar-refractivity contribution in [2.75, 3.05) is 6.61 Å². The standard InChI is InChI=1S/C38H73NO3/c1-3-5-7-9-11-13-15-17-18-19-20-21-22-24-26-28-30-32-34-38(42)39-36(35-40)37(41)33-31-29-27-25-23-16-14-12-10-8-6-4-2/h20-21,31,33,36-37,40-41H,3-19,22-30,32,34-35H2,1-2H3,(H,39,42)/b21-20-,33-31+. The average Bonchev–Trinajstić information content (AvgIpc) is 2.99. The molecule has 0 aromatic carbocycles. The third kappa shape index (κ3) is 30.3. The van der Waals surface area contributed by atoms with Crippen molar-refractivity contribution in [2.45, 2.75) is 206 Å². The Labute approximate surface area is 262 Å². The van der Waals surface area contributed by atoms with Gasteiger partial charge in [0.2, 0.25) is 5.91 Å². The van der Waals surface area contributed by atoms with Crippen LogP contribution in [0.2, 0.25) is 0 Å². The molecule has 1 amide bonds. The summed E-state index contributed by atoms with van der Waals surface area (Å²) in [6, 6.07) is -0.621. The highest BCUT2D eigenvalue weighted by Crippen LogP contribution is 2.13. The van der Waals surface area contributed by atoms with Gasteiger partial charge in [-0.3, -0.25) is 4.79 Å². The molecule has 0 aromatic heterocycles. The number of amides is 1. The van der Waals surface area contributed by atoms with Gasteiger partial charge in [-0.2, -0.15) is 0 Å². The third-order valence-corrected chi connectivity index (χ3v) is 8.43. The molecule has 0 radical (unpaired) electrons. The molecule has 0 saturated carbocycles. The molecular formula is C38H73NO3. The Morgan fingerprint density at radius 2 is 0.905 bits per heavy atom. The van der Waals surface area contributed by atoms with Crippen LogP contribution in [0.25, 0.3) is 0 Å². The van der Waals surface area contributed by atoms with Crippen molar-refractivity contribution < 1.29 is 15.0 Å². The Balaban J connectivity index is 3.62. The molecule has 0 saturated heterocycles. The van der Waals surface area contributed by atoms with E-state index in [1.54, 1.807) is 6.08 Å². The maximum absolute atomic E-state index is 12.3. The fourth-order valence-electron chi connectivity index (χ4n) is 5.52. The van der Waals surface area contributed by atoms with Crippen LogP contribution in [-0.4, -0.2) is 34.9 Å². The van der Waals surface area contributed by atoms with Gasteiger partial charge in [0.1, 0.15) is 0 Å². The summed E-state index contributed by atoms with van der Waals surface area (Å²) in [5.41, 5.74) is 0. The maximum Gasteiger partial charge on any atom is 0.220 e. The monoisotopic (exact) mass is 592 g/mol. The number of hydrogen-bond acceptors (Lipinski definition) is 3. The fraction of sp³-hybridized carbons (Fsp3) is 0.868. The van der Waals surface area contributed by atoms with Gasteiger partial charge in [0.25, 0.3) is 0 Å². The van der Waals surface area contributed by atoms with E-state index in [1.807, 2.05) is 6.08 Å². The number of allylic oxidation sites excluding steroid dienone is 3. The predicted molar refractivity (Wildman–Crippen MR) is 184 cm³/mol. The second-order valence-corrected chi connectivity index (χ2v) is 12.6. The van der Waals surface area contributed by atoms with Gasteiger partial charge in [-0.1, -0.05) is 167 Å². The molecule has 0 aliphatic rings. The Morgan fingerprint density at radius 3 is 1.31 bits per heavy atom. The maximum atomic E-state index is 12.3. The zero-order valence-corrected chi connectivity index (χ0v) is 28.3. The van der Waals surface area contributed by atoms with Gasteiger partial charge in [0, 0.05) is 6.42 Å². The van der Waals surface area contributed by atoms with Crippen LogP contribution in [0.1, 0.15) is 194 Å². The van der Waals surface area contributed by atoms with Crippen molar-refractivity contribution in [1.82, 2.24) is 5.32 Å². The number of aliphatic hydroxyl groups is 2. The first-order valence-corrected chi connectivity index (χ1v) is 18.6. The lowest BCUT2D eigenvalue weighted by atomic mass is 10.1. The molecule has 4 nitrogen and oxygen atoms in total. The summed E-state index contributed by atoms with van der Waals surface area (Å²) in [5, 5.41) is 22.8. The molecular weight excluding hydrogens is 518 g/mol. The first-order valence-electron chi connectivity index (χ1n) is 18.6. The summed E-state index contributed by atoms with van der Waals surface area (Å²) in [6.07, 6.45) is 42.6. The van der Waals surface area contributed by atoms with Crippen LogP contribution in [0.5, 0.6) is 0 Å². The fourth-order valence-corrected chi connectivity index (χ4v) is 5.52. The van der Waals surface area contributed by atoms with Crippen molar-refractivity contribution in [3.05, 3.63) is 24.3 Å². The number of nitrogens with one attached hydrogen (secondary N) is 1. The molecule has 0 aliphatic carbocycles. The average molecular weight is 592 g/mol. The number of rotatable bonds is 33. The smallest absolute Gasteiger partial charge is 0.220 e. The summed E-state index contributed by atoms with van der Waals surface area (Å²) in [6.45, 7) is 4.29. The number of hydrogen-bond donors (Lipinski definition) is 3. The second-order valence-electron chi connectivity index (χ2n) is 12.6. The molecule has 2 unspecified atom stereocenters. The highest BCUT2D eigenvalue weighted by Gasteiger charge is 2.17. The van der Waals surface area contributed by atoms with Gasteiger partial charge in [-0.15, -0.1) is 0 Å². The van der Waals surface area contributed by atoms with Crippen LogP contribution in [0, 0.1) is 0 Å². The van der Waals surface area contributed by atoms with E-state index in [0.717, 1.165) is 32.1 Å². The van der Waals surface area contributed by atoms with Crippen LogP contribution in [0.15, 0.2) is 24.3 Å². The quantitative estimate of drug-likeness (QED) is 0.0525. The van der Waals surface area contributed by atoms with Crippen LogP contribution >= 0.6 is 0 Å². The molecule has 2 atom stereocenters. The lowest BCUT2D eigenvalue weighted by Gasteiger charge is -2.20. The molecule has 0 spiro atoms. The van der Waals surface area contributed by atoms with Gasteiger partial charge in [0.15, 0.2) is 0 Å². The van der Waals surface area contributed by atoms with E-state index in [-0.39, 0.29) is 12.5 Å².